The summed E-state index contributed by atoms with van der Waals surface area (Å²) in [6.45, 7) is 3.63. The van der Waals surface area contributed by atoms with Gasteiger partial charge < -0.3 is 0 Å². The molecular formula is C8H8Pt+2. The van der Waals surface area contributed by atoms with E-state index in [0.717, 1.165) is 0 Å². The average Bonchev–Trinajstić information content (AvgIpc) is 1.90. The van der Waals surface area contributed by atoms with Gasteiger partial charge in [-0.3, -0.25) is 0 Å². The monoisotopic (exact) mass is 299 g/mol. The van der Waals surface area contributed by atoms with Crippen LogP contribution in [0.3, 0.4) is 0 Å². The molecule has 0 aliphatic heterocycles. The molecule has 0 amide bonds. The zero-order chi connectivity index (χ0) is 5.82. The Morgan fingerprint density at radius 2 is 1.67 bits per heavy atom. The summed E-state index contributed by atoms with van der Waals surface area (Å²) in [4.78, 5) is 0. The van der Waals surface area contributed by atoms with Crippen LogP contribution in [0.1, 0.15) is 5.56 Å². The molecule has 0 aliphatic carbocycles. The fourth-order valence-corrected chi connectivity index (χ4v) is 0.589. The van der Waals surface area contributed by atoms with Crippen molar-refractivity contribution in [1.29, 1.82) is 0 Å². The van der Waals surface area contributed by atoms with Crippen molar-refractivity contribution in [3.8, 4) is 0 Å². The van der Waals surface area contributed by atoms with Gasteiger partial charge in [0.25, 0.3) is 0 Å². The van der Waals surface area contributed by atoms with Crippen molar-refractivity contribution in [2.45, 2.75) is 0 Å². The fourth-order valence-electron chi connectivity index (χ4n) is 0.589. The van der Waals surface area contributed by atoms with Gasteiger partial charge in [0.15, 0.2) is 0 Å². The van der Waals surface area contributed by atoms with Crippen LogP contribution in [0.4, 0.5) is 0 Å². The van der Waals surface area contributed by atoms with Gasteiger partial charge in [0.1, 0.15) is 0 Å². The molecule has 0 nitrogen and oxygen atoms in total. The molecule has 0 spiro atoms. The normalized spacial score (nSPS) is 7.56. The molecule has 0 atom stereocenters. The van der Waals surface area contributed by atoms with E-state index in [1.165, 1.54) is 5.56 Å². The average molecular weight is 299 g/mol. The summed E-state index contributed by atoms with van der Waals surface area (Å²) < 4.78 is 0. The Balaban J connectivity index is 0.000000640. The Bertz CT molecular complexity index is 167. The molecular weight excluding hydrogens is 291 g/mol. The van der Waals surface area contributed by atoms with E-state index in [9.17, 15) is 0 Å². The second-order valence-corrected chi connectivity index (χ2v) is 1.61. The zero-order valence-electron chi connectivity index (χ0n) is 4.99. The molecule has 1 rings (SSSR count). The summed E-state index contributed by atoms with van der Waals surface area (Å²) in [6.07, 6.45) is 1.83. The number of rotatable bonds is 1. The third-order valence-corrected chi connectivity index (χ3v) is 1.04. The van der Waals surface area contributed by atoms with Crippen molar-refractivity contribution in [3.63, 3.8) is 0 Å². The maximum Gasteiger partial charge on any atom is 2.00 e. The van der Waals surface area contributed by atoms with Crippen molar-refractivity contribution < 1.29 is 21.1 Å². The standard InChI is InChI=1S/C8H8.Pt/c1-2-8-6-4-3-5-7-8;/h2-7H,1H2;/q;+2. The molecule has 1 aromatic carbocycles. The van der Waals surface area contributed by atoms with Crippen molar-refractivity contribution in [2.75, 3.05) is 0 Å². The van der Waals surface area contributed by atoms with Crippen LogP contribution in [0.15, 0.2) is 36.9 Å². The van der Waals surface area contributed by atoms with Gasteiger partial charge in [-0.1, -0.05) is 43.0 Å². The van der Waals surface area contributed by atoms with E-state index in [2.05, 4.69) is 6.58 Å². The molecule has 0 saturated heterocycles. The molecule has 0 aliphatic rings. The van der Waals surface area contributed by atoms with Crippen LogP contribution in [0, 0.1) is 0 Å². The molecule has 0 aromatic heterocycles. The molecule has 1 aromatic rings. The van der Waals surface area contributed by atoms with Crippen molar-refractivity contribution in [1.82, 2.24) is 0 Å². The first-order valence-corrected chi connectivity index (χ1v) is 2.61. The van der Waals surface area contributed by atoms with Crippen LogP contribution in [0.25, 0.3) is 6.08 Å². The van der Waals surface area contributed by atoms with Crippen LogP contribution in [-0.4, -0.2) is 0 Å². The number of hydrogen-bond acceptors (Lipinski definition) is 0. The Morgan fingerprint density at radius 3 is 2.00 bits per heavy atom. The summed E-state index contributed by atoms with van der Waals surface area (Å²) >= 11 is 0. The van der Waals surface area contributed by atoms with Gasteiger partial charge in [0.05, 0.1) is 0 Å². The minimum Gasteiger partial charge on any atom is -0.0985 e. The SMILES string of the molecule is C=Cc1ccccc1.[Pt+2]. The van der Waals surface area contributed by atoms with E-state index in [1.54, 1.807) is 0 Å². The largest absolute Gasteiger partial charge is 2.00 e. The quantitative estimate of drug-likeness (QED) is 0.746. The minimum atomic E-state index is 0. The van der Waals surface area contributed by atoms with Crippen LogP contribution < -0.4 is 0 Å². The van der Waals surface area contributed by atoms with E-state index in [4.69, 9.17) is 0 Å². The van der Waals surface area contributed by atoms with E-state index >= 15 is 0 Å². The molecule has 1 heteroatoms. The molecule has 0 unspecified atom stereocenters. The van der Waals surface area contributed by atoms with Crippen LogP contribution in [0.2, 0.25) is 0 Å². The first-order valence-electron chi connectivity index (χ1n) is 2.61. The van der Waals surface area contributed by atoms with E-state index in [1.807, 2.05) is 36.4 Å². The van der Waals surface area contributed by atoms with Crippen LogP contribution in [-0.2, 0) is 21.1 Å². The van der Waals surface area contributed by atoms with E-state index in [-0.39, 0.29) is 21.1 Å². The minimum absolute atomic E-state index is 0. The third-order valence-electron chi connectivity index (χ3n) is 1.04. The summed E-state index contributed by atoms with van der Waals surface area (Å²) in [5, 5.41) is 0. The molecule has 0 bridgehead atoms. The maximum absolute atomic E-state index is 3.63. The number of hydrogen-bond donors (Lipinski definition) is 0. The predicted molar refractivity (Wildman–Crippen MR) is 36.5 cm³/mol. The van der Waals surface area contributed by atoms with Gasteiger partial charge in [-0.15, -0.1) is 0 Å². The van der Waals surface area contributed by atoms with Crippen molar-refractivity contribution in [3.05, 3.63) is 42.5 Å². The smallest absolute Gasteiger partial charge is 0.0985 e. The first-order chi connectivity index (χ1) is 3.93. The van der Waals surface area contributed by atoms with Crippen LogP contribution in [0.5, 0.6) is 0 Å². The molecule has 0 saturated carbocycles. The Labute approximate surface area is 69.9 Å². The van der Waals surface area contributed by atoms with Gasteiger partial charge in [0, 0.05) is 0 Å². The Kier molecular flexibility index (Phi) is 4.34. The van der Waals surface area contributed by atoms with Crippen molar-refractivity contribution >= 4 is 6.08 Å². The second kappa shape index (κ2) is 4.52. The summed E-state index contributed by atoms with van der Waals surface area (Å²) in [6, 6.07) is 10.0. The van der Waals surface area contributed by atoms with Gasteiger partial charge in [-0.2, -0.15) is 0 Å². The molecule has 0 heterocycles. The van der Waals surface area contributed by atoms with Gasteiger partial charge in [0.2, 0.25) is 0 Å². The second-order valence-electron chi connectivity index (χ2n) is 1.61. The predicted octanol–water partition coefficient (Wildman–Crippen LogP) is 2.33. The number of benzene rings is 1. The Hall–Kier alpha value is -0.352. The topological polar surface area (TPSA) is 0 Å². The summed E-state index contributed by atoms with van der Waals surface area (Å²) in [7, 11) is 0. The summed E-state index contributed by atoms with van der Waals surface area (Å²) in [5.41, 5.74) is 1.17. The Morgan fingerprint density at radius 1 is 1.11 bits per heavy atom. The van der Waals surface area contributed by atoms with Gasteiger partial charge in [-0.25, -0.2) is 0 Å². The van der Waals surface area contributed by atoms with Gasteiger partial charge >= 0.3 is 21.1 Å². The molecule has 0 N–H and O–H groups in total. The van der Waals surface area contributed by atoms with E-state index < -0.39 is 0 Å². The first kappa shape index (κ1) is 8.65. The van der Waals surface area contributed by atoms with Crippen molar-refractivity contribution in [2.24, 2.45) is 0 Å². The fraction of sp³-hybridized carbons (Fsp3) is 0. The third kappa shape index (κ3) is 2.62. The molecule has 0 radical (unpaired) electrons. The van der Waals surface area contributed by atoms with Gasteiger partial charge in [-0.05, 0) is 5.56 Å². The maximum atomic E-state index is 3.63. The molecule has 9 heavy (non-hydrogen) atoms. The van der Waals surface area contributed by atoms with Crippen LogP contribution >= 0.6 is 0 Å². The molecule has 48 valence electrons. The summed E-state index contributed by atoms with van der Waals surface area (Å²) in [5.74, 6) is 0. The molecule has 0 fully saturated rings. The zero-order valence-corrected chi connectivity index (χ0v) is 7.26. The van der Waals surface area contributed by atoms with E-state index in [0.29, 0.717) is 0 Å².